The molecule has 11 nitrogen and oxygen atoms in total. The summed E-state index contributed by atoms with van der Waals surface area (Å²) in [5.41, 5.74) is 1.74. The number of ether oxygens (including phenoxy) is 6. The van der Waals surface area contributed by atoms with Crippen molar-refractivity contribution in [3.05, 3.63) is 71.8 Å². The van der Waals surface area contributed by atoms with E-state index in [-0.39, 0.29) is 19.8 Å². The molecule has 0 bridgehead atoms. The van der Waals surface area contributed by atoms with E-state index in [2.05, 4.69) is 27.7 Å². The molecule has 3 rings (SSSR count). The number of nitrogens with one attached hydrogen (secondary N) is 1. The van der Waals surface area contributed by atoms with Crippen molar-refractivity contribution in [2.75, 3.05) is 35.0 Å². The molecule has 42 heavy (non-hydrogen) atoms. The van der Waals surface area contributed by atoms with Gasteiger partial charge in [-0.1, -0.05) is 83.3 Å². The number of rotatable bonds is 17. The lowest BCUT2D eigenvalue weighted by molar-refractivity contribution is -0.392. The van der Waals surface area contributed by atoms with Crippen molar-refractivity contribution in [3.63, 3.8) is 0 Å². The molecule has 1 fully saturated rings. The molecular formula is C29H41INO10P. The molecule has 0 spiro atoms. The minimum atomic E-state index is -3.69. The second kappa shape index (κ2) is 17.1. The maximum absolute atomic E-state index is 13.7. The number of halogens is 1. The Labute approximate surface area is 261 Å². The van der Waals surface area contributed by atoms with Crippen LogP contribution in [0.25, 0.3) is 0 Å². The average molecular weight is 722 g/mol. The van der Waals surface area contributed by atoms with Crippen LogP contribution in [0, 0.1) is 0 Å². The Bertz CT molecular complexity index is 1080. The van der Waals surface area contributed by atoms with Gasteiger partial charge >= 0.3 is 13.7 Å². The zero-order valence-corrected chi connectivity index (χ0v) is 27.7. The largest absolute Gasteiger partial charge is 0.429 e. The van der Waals surface area contributed by atoms with Crippen LogP contribution in [0.5, 0.6) is 0 Å². The van der Waals surface area contributed by atoms with Gasteiger partial charge in [0.05, 0.1) is 17.1 Å². The van der Waals surface area contributed by atoms with Crippen LogP contribution in [-0.2, 0) is 60.0 Å². The summed E-state index contributed by atoms with van der Waals surface area (Å²) < 4.78 is 59.7. The maximum Gasteiger partial charge on any atom is 0.406 e. The zero-order valence-electron chi connectivity index (χ0n) is 24.6. The summed E-state index contributed by atoms with van der Waals surface area (Å²) in [6, 6.07) is 18.9. The van der Waals surface area contributed by atoms with Gasteiger partial charge in [0.2, 0.25) is 0 Å². The summed E-state index contributed by atoms with van der Waals surface area (Å²) in [5.74, 6) is -2.10. The monoisotopic (exact) mass is 721 g/mol. The molecule has 2 aromatic carbocycles. The highest BCUT2D eigenvalue weighted by Crippen LogP contribution is 2.46. The Morgan fingerprint density at radius 1 is 0.905 bits per heavy atom. The van der Waals surface area contributed by atoms with E-state index in [9.17, 15) is 9.36 Å². The molecule has 1 aliphatic rings. The summed E-state index contributed by atoms with van der Waals surface area (Å²) in [4.78, 5) is 12.3. The molecule has 0 aromatic heterocycles. The highest BCUT2D eigenvalue weighted by Gasteiger charge is 2.61. The highest BCUT2D eigenvalue weighted by atomic mass is 127. The van der Waals surface area contributed by atoms with Crippen molar-refractivity contribution in [3.8, 4) is 0 Å². The summed E-state index contributed by atoms with van der Waals surface area (Å²) in [6.45, 7) is 1.83. The van der Waals surface area contributed by atoms with Crippen LogP contribution in [0.3, 0.4) is 0 Å². The number of alkyl halides is 1. The number of hydrogen-bond donors (Lipinski definition) is 1. The molecule has 6 atom stereocenters. The second-order valence-electron chi connectivity index (χ2n) is 9.63. The third-order valence-electron chi connectivity index (χ3n) is 6.79. The van der Waals surface area contributed by atoms with Gasteiger partial charge in [0.25, 0.3) is 5.79 Å². The van der Waals surface area contributed by atoms with Crippen molar-refractivity contribution in [1.82, 2.24) is 5.09 Å². The zero-order chi connectivity index (χ0) is 30.6. The maximum atomic E-state index is 13.7. The van der Waals surface area contributed by atoms with E-state index in [0.29, 0.717) is 12.8 Å². The fourth-order valence-electron chi connectivity index (χ4n) is 4.77. The van der Waals surface area contributed by atoms with Crippen molar-refractivity contribution >= 4 is 36.3 Å². The molecule has 13 heteroatoms. The van der Waals surface area contributed by atoms with Gasteiger partial charge in [-0.3, -0.25) is 13.8 Å². The molecule has 1 aliphatic heterocycles. The quantitative estimate of drug-likeness (QED) is 0.0781. The number of carbonyl (C=O) groups is 1. The molecule has 1 saturated heterocycles. The Morgan fingerprint density at radius 2 is 1.45 bits per heavy atom. The van der Waals surface area contributed by atoms with Crippen molar-refractivity contribution in [2.24, 2.45) is 0 Å². The Balaban J connectivity index is 1.71. The first-order chi connectivity index (χ1) is 20.2. The van der Waals surface area contributed by atoms with Gasteiger partial charge in [0, 0.05) is 41.9 Å². The molecule has 234 valence electrons. The van der Waals surface area contributed by atoms with Crippen LogP contribution in [0.1, 0.15) is 30.9 Å². The molecule has 0 radical (unpaired) electrons. The minimum Gasteiger partial charge on any atom is -0.429 e. The number of esters is 1. The molecule has 1 heterocycles. The van der Waals surface area contributed by atoms with Crippen LogP contribution in [0.2, 0.25) is 0 Å². The number of hydrogen-bond acceptors (Lipinski definition) is 10. The molecule has 1 N–H and O–H groups in total. The van der Waals surface area contributed by atoms with Gasteiger partial charge < -0.3 is 28.4 Å². The van der Waals surface area contributed by atoms with Crippen molar-refractivity contribution in [2.45, 2.75) is 67.3 Å². The predicted molar refractivity (Wildman–Crippen MR) is 164 cm³/mol. The van der Waals surface area contributed by atoms with E-state index in [1.807, 2.05) is 60.7 Å². The molecule has 0 aliphatic carbocycles. The van der Waals surface area contributed by atoms with E-state index >= 15 is 0 Å². The van der Waals surface area contributed by atoms with Crippen LogP contribution in [0.4, 0.5) is 0 Å². The smallest absolute Gasteiger partial charge is 0.406 e. The van der Waals surface area contributed by atoms with E-state index in [1.165, 1.54) is 35.4 Å². The molecule has 0 unspecified atom stereocenters. The van der Waals surface area contributed by atoms with Gasteiger partial charge in [-0.15, -0.1) is 0 Å². The molecule has 0 amide bonds. The normalized spacial score (nSPS) is 25.2. The fraction of sp³-hybridized carbons (Fsp3) is 0.552. The van der Waals surface area contributed by atoms with Gasteiger partial charge in [0.15, 0.2) is 12.4 Å². The van der Waals surface area contributed by atoms with E-state index in [1.54, 1.807) is 0 Å². The first-order valence-electron chi connectivity index (χ1n) is 13.6. The Hall–Kier alpha value is -1.45. The van der Waals surface area contributed by atoms with Crippen molar-refractivity contribution < 1.29 is 46.8 Å². The lowest BCUT2D eigenvalue weighted by atomic mass is 9.91. The molecule has 0 saturated carbocycles. The topological polar surface area (TPSA) is 120 Å². The lowest BCUT2D eigenvalue weighted by Gasteiger charge is -2.52. The summed E-state index contributed by atoms with van der Waals surface area (Å²) in [6.07, 6.45) is -2.03. The predicted octanol–water partition coefficient (Wildman–Crippen LogP) is 5.01. The van der Waals surface area contributed by atoms with E-state index in [4.69, 9.17) is 37.5 Å². The van der Waals surface area contributed by atoms with Gasteiger partial charge in [-0.2, -0.15) is 0 Å². The van der Waals surface area contributed by atoms with Gasteiger partial charge in [-0.25, -0.2) is 9.65 Å². The second-order valence-corrected chi connectivity index (χ2v) is 13.0. The van der Waals surface area contributed by atoms with Crippen LogP contribution in [0.15, 0.2) is 60.7 Å². The SMILES string of the molecule is CO[C@@H]1O[C@](OC(C)=O)([C@@H](I)CCCNP(=O)(OCc2ccccc2)OCc2ccccc2)[C@@H](OC)[C@H](OC)[C@H]1OC. The Kier molecular flexibility index (Phi) is 14.3. The third kappa shape index (κ3) is 9.28. The molecular weight excluding hydrogens is 680 g/mol. The lowest BCUT2D eigenvalue weighted by Crippen LogP contribution is -2.70. The van der Waals surface area contributed by atoms with Gasteiger partial charge in [0.1, 0.15) is 12.2 Å². The first kappa shape index (κ1) is 35.0. The van der Waals surface area contributed by atoms with Crippen LogP contribution >= 0.6 is 30.3 Å². The number of methoxy groups -OCH3 is 4. The van der Waals surface area contributed by atoms with Crippen molar-refractivity contribution in [1.29, 1.82) is 0 Å². The van der Waals surface area contributed by atoms with Crippen LogP contribution in [-0.4, -0.2) is 75.3 Å². The summed E-state index contributed by atoms with van der Waals surface area (Å²) in [5, 5.41) is 2.99. The van der Waals surface area contributed by atoms with Gasteiger partial charge in [-0.05, 0) is 24.0 Å². The summed E-state index contributed by atoms with van der Waals surface area (Å²) >= 11 is 2.17. The first-order valence-corrected chi connectivity index (χ1v) is 16.4. The van der Waals surface area contributed by atoms with E-state index in [0.717, 1.165) is 11.1 Å². The third-order valence-corrected chi connectivity index (χ3v) is 9.83. The highest BCUT2D eigenvalue weighted by molar-refractivity contribution is 14.1. The molecule has 2 aromatic rings. The number of benzene rings is 2. The number of carbonyl (C=O) groups excluding carboxylic acids is 1. The minimum absolute atomic E-state index is 0.116. The summed E-state index contributed by atoms with van der Waals surface area (Å²) in [7, 11) is 2.32. The standard InChI is InChI=1S/C29H41INO10P/c1-21(32)40-29(27(36-4)25(34-2)26(35-3)28(37-5)41-29)24(30)17-12-18-31-42(33,38-19-22-13-8-6-9-14-22)39-20-23-15-10-7-11-16-23/h6-11,13-16,24-28H,12,17-20H2,1-5H3,(H,31,33)/t24-,25+,26+,27-,28+,29+/m0/s1. The van der Waals surface area contributed by atoms with E-state index < -0.39 is 48.0 Å². The fourth-order valence-corrected chi connectivity index (χ4v) is 7.17. The average Bonchev–Trinajstić information content (AvgIpc) is 3.01. The Morgan fingerprint density at radius 3 is 1.90 bits per heavy atom. The van der Waals surface area contributed by atoms with Crippen LogP contribution < -0.4 is 5.09 Å².